The highest BCUT2D eigenvalue weighted by molar-refractivity contribution is 5.79. The Morgan fingerprint density at radius 1 is 0.906 bits per heavy atom. The van der Waals surface area contributed by atoms with Gasteiger partial charge in [-0.3, -0.25) is 0 Å². The van der Waals surface area contributed by atoms with E-state index < -0.39 is 5.60 Å². The van der Waals surface area contributed by atoms with Crippen molar-refractivity contribution in [2.75, 3.05) is 13.2 Å². The lowest BCUT2D eigenvalue weighted by Crippen LogP contribution is -2.52. The average Bonchev–Trinajstić information content (AvgIpc) is 3.52. The molecule has 0 unspecified atom stereocenters. The summed E-state index contributed by atoms with van der Waals surface area (Å²) in [4.78, 5) is 15.0. The molecule has 4 nitrogen and oxygen atoms in total. The monoisotopic (exact) mass is 425 g/mol. The van der Waals surface area contributed by atoms with Gasteiger partial charge in [-0.2, -0.15) is 0 Å². The number of ether oxygens (including phenoxy) is 1. The van der Waals surface area contributed by atoms with Crippen molar-refractivity contribution in [3.63, 3.8) is 0 Å². The maximum Gasteiger partial charge on any atom is 0.410 e. The van der Waals surface area contributed by atoms with Crippen molar-refractivity contribution >= 4 is 6.09 Å². The van der Waals surface area contributed by atoms with E-state index in [-0.39, 0.29) is 18.1 Å². The number of carbonyl (C=O) groups is 1. The van der Waals surface area contributed by atoms with E-state index in [1.54, 1.807) is 4.90 Å². The zero-order valence-electron chi connectivity index (χ0n) is 18.0. The predicted octanol–water partition coefficient (Wildman–Crippen LogP) is 4.93. The molecule has 1 atom stereocenters. The Morgan fingerprint density at radius 2 is 1.47 bits per heavy atom. The van der Waals surface area contributed by atoms with E-state index in [2.05, 4.69) is 48.5 Å². The van der Waals surface area contributed by atoms with Crippen LogP contribution in [0.15, 0.2) is 72.8 Å². The molecule has 6 rings (SSSR count). The number of aliphatic hydroxyl groups is 1. The number of carbonyl (C=O) groups excluding carboxylic acids is 1. The summed E-state index contributed by atoms with van der Waals surface area (Å²) in [6.07, 6.45) is 2.60. The first-order valence-electron chi connectivity index (χ1n) is 11.5. The van der Waals surface area contributed by atoms with Gasteiger partial charge in [0.1, 0.15) is 6.61 Å². The van der Waals surface area contributed by atoms with Gasteiger partial charge in [0.05, 0.1) is 11.6 Å². The lowest BCUT2D eigenvalue weighted by Gasteiger charge is -2.36. The van der Waals surface area contributed by atoms with E-state index >= 15 is 0 Å². The highest BCUT2D eigenvalue weighted by Gasteiger charge is 2.48. The van der Waals surface area contributed by atoms with Crippen molar-refractivity contribution < 1.29 is 14.6 Å². The Balaban J connectivity index is 1.20. The molecule has 0 bridgehead atoms. The van der Waals surface area contributed by atoms with E-state index in [4.69, 9.17) is 4.74 Å². The maximum atomic E-state index is 13.2. The second-order valence-electron chi connectivity index (χ2n) is 9.38. The van der Waals surface area contributed by atoms with Crippen LogP contribution in [-0.2, 0) is 17.6 Å². The normalized spacial score (nSPS) is 20.7. The first-order chi connectivity index (χ1) is 15.6. The molecular weight excluding hydrogens is 398 g/mol. The van der Waals surface area contributed by atoms with Gasteiger partial charge in [0, 0.05) is 25.3 Å². The molecule has 0 aromatic heterocycles. The van der Waals surface area contributed by atoms with Crippen LogP contribution in [0.3, 0.4) is 0 Å². The second kappa shape index (κ2) is 7.49. The molecule has 1 amide bonds. The van der Waals surface area contributed by atoms with Crippen molar-refractivity contribution in [2.45, 2.75) is 43.2 Å². The third-order valence-electron chi connectivity index (χ3n) is 7.56. The van der Waals surface area contributed by atoms with Gasteiger partial charge in [-0.15, -0.1) is 0 Å². The third kappa shape index (κ3) is 3.05. The van der Waals surface area contributed by atoms with E-state index in [0.717, 1.165) is 12.8 Å². The molecule has 0 saturated carbocycles. The minimum atomic E-state index is -0.911. The predicted molar refractivity (Wildman–Crippen MR) is 124 cm³/mol. The summed E-state index contributed by atoms with van der Waals surface area (Å²) < 4.78 is 5.91. The van der Waals surface area contributed by atoms with Gasteiger partial charge in [-0.25, -0.2) is 4.79 Å². The van der Waals surface area contributed by atoms with Crippen molar-refractivity contribution in [1.82, 2.24) is 4.90 Å². The van der Waals surface area contributed by atoms with Gasteiger partial charge in [0.25, 0.3) is 0 Å². The molecule has 1 N–H and O–H groups in total. The van der Waals surface area contributed by atoms with Gasteiger partial charge in [0.2, 0.25) is 0 Å². The molecule has 3 aromatic rings. The van der Waals surface area contributed by atoms with Crippen molar-refractivity contribution in [1.29, 1.82) is 0 Å². The van der Waals surface area contributed by atoms with Gasteiger partial charge < -0.3 is 14.7 Å². The topological polar surface area (TPSA) is 49.8 Å². The molecule has 162 valence electrons. The molecule has 3 aromatic carbocycles. The van der Waals surface area contributed by atoms with Crippen LogP contribution >= 0.6 is 0 Å². The lowest BCUT2D eigenvalue weighted by atomic mass is 9.89. The molecule has 0 spiro atoms. The fourth-order valence-corrected chi connectivity index (χ4v) is 6.08. The fraction of sp³-hybridized carbons (Fsp3) is 0.321. The van der Waals surface area contributed by atoms with Crippen LogP contribution in [0.4, 0.5) is 4.79 Å². The Hall–Kier alpha value is -3.11. The van der Waals surface area contributed by atoms with Crippen molar-refractivity contribution in [3.05, 3.63) is 95.1 Å². The number of benzene rings is 3. The number of hydrogen-bond donors (Lipinski definition) is 1. The Bertz CT molecular complexity index is 1120. The number of fused-ring (bicyclic) bond motifs is 4. The van der Waals surface area contributed by atoms with Gasteiger partial charge >= 0.3 is 6.09 Å². The van der Waals surface area contributed by atoms with E-state index in [1.165, 1.54) is 33.4 Å². The Labute approximate surface area is 188 Å². The minimum absolute atomic E-state index is 0.0474. The van der Waals surface area contributed by atoms with E-state index in [1.807, 2.05) is 24.3 Å². The number of nitrogens with zero attached hydrogens (tertiary/aromatic N) is 1. The average molecular weight is 426 g/mol. The van der Waals surface area contributed by atoms with Crippen LogP contribution in [0.2, 0.25) is 0 Å². The molecule has 0 radical (unpaired) electrons. The molecule has 32 heavy (non-hydrogen) atoms. The summed E-state index contributed by atoms with van der Waals surface area (Å²) >= 11 is 0. The number of rotatable bonds is 3. The Kier molecular flexibility index (Phi) is 4.58. The highest BCUT2D eigenvalue weighted by atomic mass is 16.6. The lowest BCUT2D eigenvalue weighted by molar-refractivity contribution is -0.0247. The third-order valence-corrected chi connectivity index (χ3v) is 7.56. The van der Waals surface area contributed by atoms with Crippen LogP contribution < -0.4 is 0 Å². The van der Waals surface area contributed by atoms with Crippen LogP contribution in [0.5, 0.6) is 0 Å². The molecule has 3 aliphatic rings. The molecule has 1 saturated heterocycles. The zero-order valence-corrected chi connectivity index (χ0v) is 18.0. The summed E-state index contributed by atoms with van der Waals surface area (Å²) in [5.74, 6) is 0.0474. The van der Waals surface area contributed by atoms with Crippen molar-refractivity contribution in [3.8, 4) is 11.1 Å². The zero-order chi connectivity index (χ0) is 21.7. The first-order valence-corrected chi connectivity index (χ1v) is 11.5. The highest BCUT2D eigenvalue weighted by Crippen LogP contribution is 2.45. The molecule has 2 aliphatic carbocycles. The van der Waals surface area contributed by atoms with Crippen LogP contribution in [0, 0.1) is 0 Å². The molecule has 1 aliphatic heterocycles. The number of hydrogen-bond acceptors (Lipinski definition) is 3. The van der Waals surface area contributed by atoms with Crippen molar-refractivity contribution in [2.24, 2.45) is 0 Å². The molecule has 4 heteroatoms. The van der Waals surface area contributed by atoms with Gasteiger partial charge in [-0.05, 0) is 46.2 Å². The van der Waals surface area contributed by atoms with Crippen LogP contribution in [-0.4, -0.2) is 40.9 Å². The quantitative estimate of drug-likeness (QED) is 0.647. The molecule has 1 heterocycles. The minimum Gasteiger partial charge on any atom is -0.448 e. The summed E-state index contributed by atoms with van der Waals surface area (Å²) in [5.41, 5.74) is 6.34. The van der Waals surface area contributed by atoms with Gasteiger partial charge in [-0.1, -0.05) is 72.8 Å². The summed E-state index contributed by atoms with van der Waals surface area (Å²) in [5, 5.41) is 11.5. The Morgan fingerprint density at radius 3 is 2.09 bits per heavy atom. The van der Waals surface area contributed by atoms with Gasteiger partial charge in [0.15, 0.2) is 0 Å². The van der Waals surface area contributed by atoms with Crippen LogP contribution in [0.25, 0.3) is 11.1 Å². The summed E-state index contributed by atoms with van der Waals surface area (Å²) in [6, 6.07) is 24.7. The molecular formula is C28H27NO3. The largest absolute Gasteiger partial charge is 0.448 e. The summed E-state index contributed by atoms with van der Waals surface area (Å²) in [6.45, 7) is 0.953. The standard InChI is InChI=1S/C28H27NO3/c30-27(29-15-7-14-26(29)28(31)16-19-8-1-2-9-20(19)17-28)32-18-25-23-12-5-3-10-21(23)22-11-4-6-13-24(22)25/h1-6,8-13,25-26,31H,7,14-18H2/t26-/m0/s1. The molecule has 1 fully saturated rings. The first kappa shape index (κ1) is 19.6. The van der Waals surface area contributed by atoms with E-state index in [9.17, 15) is 9.90 Å². The number of amides is 1. The fourth-order valence-electron chi connectivity index (χ4n) is 6.08. The SMILES string of the molecule is O=C(OCC1c2ccccc2-c2ccccc21)N1CCC[C@H]1C1(O)Cc2ccccc2C1. The summed E-state index contributed by atoms with van der Waals surface area (Å²) in [7, 11) is 0. The van der Waals surface area contributed by atoms with Crippen LogP contribution in [0.1, 0.15) is 41.0 Å². The number of likely N-dealkylation sites (tertiary alicyclic amines) is 1. The maximum absolute atomic E-state index is 13.2. The smallest absolute Gasteiger partial charge is 0.410 e. The second-order valence-corrected chi connectivity index (χ2v) is 9.38. The van der Waals surface area contributed by atoms with E-state index in [0.29, 0.717) is 26.0 Å².